The molecule has 0 aromatic heterocycles. The van der Waals surface area contributed by atoms with Crippen molar-refractivity contribution < 1.29 is 299 Å². The van der Waals surface area contributed by atoms with Crippen LogP contribution < -0.4 is 64.9 Å². The third-order valence-electron chi connectivity index (χ3n) is 0. The Balaban J connectivity index is -0.0000000188. The summed E-state index contributed by atoms with van der Waals surface area (Å²) < 4.78 is 276. The molecule has 0 saturated carbocycles. The molecule has 0 heterocycles. The SMILES string of the molecule is O.O.O.O.O=S(=O)([O-])[O-].[Ce+4].[NH4+].[NH4+].[O]=[Mo](=[O])([O-])[O-].[O]=[Mo](=[O])([O-])[O-].[O]=[Mo](=[O])([O-])[O-].[O]=[Mo](=[O])([O-])[O-].[O]=[Mo](=[O])([O-])[O-].[O]=[Mo](=[O])([O-])[O-].[O]=[Mo](=[O])([O-])[O-]. The van der Waals surface area contributed by atoms with E-state index in [4.69, 9.17) is 118 Å². The second-order valence-electron chi connectivity index (χ2n) is 3.27. The van der Waals surface area contributed by atoms with Gasteiger partial charge in [-0.3, -0.25) is 8.42 Å². The molecule has 0 aliphatic heterocycles. The average molecular weight is 1460 g/mol. The zero-order valence-corrected chi connectivity index (χ0v) is 38.8. The van der Waals surface area contributed by atoms with E-state index in [-0.39, 0.29) is 76.0 Å². The van der Waals surface area contributed by atoms with Gasteiger partial charge in [0, 0.05) is 10.4 Å². The first kappa shape index (κ1) is 97.8. The molecule has 0 aliphatic carbocycles. The van der Waals surface area contributed by atoms with Gasteiger partial charge in [0.1, 0.15) is 0 Å². The summed E-state index contributed by atoms with van der Waals surface area (Å²) in [5.41, 5.74) is 0. The van der Waals surface area contributed by atoms with Crippen molar-refractivity contribution in [2.24, 2.45) is 0 Å². The molecular formula is H16CeMo7N2O36S-10. The van der Waals surface area contributed by atoms with Crippen LogP contribution in [0.4, 0.5) is 0 Å². The van der Waals surface area contributed by atoms with Gasteiger partial charge in [0.25, 0.3) is 0 Å². The Labute approximate surface area is 316 Å². The molecule has 16 N–H and O–H groups in total. The predicted molar refractivity (Wildman–Crippen MR) is 46.5 cm³/mol. The van der Waals surface area contributed by atoms with Crippen molar-refractivity contribution >= 4 is 10.4 Å². The van der Waals surface area contributed by atoms with Gasteiger partial charge in [-0.25, -0.2) is 0 Å². The van der Waals surface area contributed by atoms with Crippen LogP contribution in [0.2, 0.25) is 0 Å². The van der Waals surface area contributed by atoms with E-state index in [1.54, 1.807) is 0 Å². The minimum atomic E-state index is -6.02. The Morgan fingerprint density at radius 2 is 0.277 bits per heavy atom. The van der Waals surface area contributed by atoms with E-state index in [1.165, 1.54) is 0 Å². The van der Waals surface area contributed by atoms with Crippen molar-refractivity contribution in [3.63, 3.8) is 0 Å². The molecular weight excluding hydrogens is 1450 g/mol. The Morgan fingerprint density at radius 3 is 0.277 bits per heavy atom. The van der Waals surface area contributed by atoms with Crippen LogP contribution in [-0.2, 0) is 175 Å². The molecule has 0 spiro atoms. The summed E-state index contributed by atoms with van der Waals surface area (Å²) in [6, 6.07) is 0. The van der Waals surface area contributed by atoms with Crippen LogP contribution in [0.5, 0.6) is 0 Å². The molecule has 47 heavy (non-hydrogen) atoms. The molecule has 0 aliphatic rings. The average Bonchev–Trinajstić information content (AvgIpc) is 2.16. The zero-order chi connectivity index (χ0) is 36.0. The molecule has 0 saturated heterocycles. The molecule has 38 nitrogen and oxygen atoms in total. The second kappa shape index (κ2) is 42.9. The zero-order valence-electron chi connectivity index (χ0n) is 20.8. The van der Waals surface area contributed by atoms with Gasteiger partial charge < -0.3 is 43.3 Å². The molecule has 47 heteroatoms. The van der Waals surface area contributed by atoms with Gasteiger partial charge in [-0.05, 0) is 0 Å². The fourth-order valence-corrected chi connectivity index (χ4v) is 0. The summed E-state index contributed by atoms with van der Waals surface area (Å²) in [4.78, 5) is 0. The standard InChI is InChI=1S/Ce.7Mo.2H3N.H2O4S.4H2O.28O/c;;;;;;;;;;1-5(2,3)4;;;;;;;;;;;;;;;;;;;;;;;;;;;;;;;;/h;;;;;;;;2*1H3;(H2,1,2,3,4);4*1H2;;;;;;;;;;;;;;;;;;;;;;;;;;;;/q+4;;;;;;;;;;;;;;;;;;;;;;;;;;;;;14*-1. The Morgan fingerprint density at radius 1 is 0.277 bits per heavy atom. The first-order chi connectivity index (χ1) is 16.0. The molecule has 0 unspecified atom stereocenters. The molecule has 0 aromatic rings. The van der Waals surface area contributed by atoms with Crippen molar-refractivity contribution in [2.75, 3.05) is 0 Å². The number of quaternary nitrogens is 2. The van der Waals surface area contributed by atoms with Crippen LogP contribution in [0.25, 0.3) is 0 Å². The predicted octanol–water partition coefficient (Wildman–Crippen LogP) is -22.2. The van der Waals surface area contributed by atoms with Crippen molar-refractivity contribution in [2.45, 2.75) is 0 Å². The van der Waals surface area contributed by atoms with E-state index in [9.17, 15) is 0 Å². The van der Waals surface area contributed by atoms with Crippen molar-refractivity contribution in [3.05, 3.63) is 0 Å². The summed E-state index contributed by atoms with van der Waals surface area (Å²) in [6.07, 6.45) is 0. The maximum absolute atomic E-state index is 8.63. The Kier molecular flexibility index (Phi) is 89.2. The van der Waals surface area contributed by atoms with E-state index >= 15 is 0 Å². The fourth-order valence-electron chi connectivity index (χ4n) is 0. The van der Waals surface area contributed by atoms with Crippen LogP contribution in [0.15, 0.2) is 0 Å². The Hall–Kier alpha value is 2.46. The summed E-state index contributed by atoms with van der Waals surface area (Å²) in [7, 11) is -5.17. The van der Waals surface area contributed by atoms with Gasteiger partial charge in [0.15, 0.2) is 0 Å². The van der Waals surface area contributed by atoms with Gasteiger partial charge in [-0.2, -0.15) is 0 Å². The molecule has 0 bridgehead atoms. The van der Waals surface area contributed by atoms with E-state index < -0.39 is 128 Å². The molecule has 304 valence electrons. The summed E-state index contributed by atoms with van der Waals surface area (Å²) >= 11 is -42.1. The molecule has 0 rings (SSSR count). The van der Waals surface area contributed by atoms with Gasteiger partial charge in [0.2, 0.25) is 0 Å². The van der Waals surface area contributed by atoms with Crippen LogP contribution >= 0.6 is 0 Å². The quantitative estimate of drug-likeness (QED) is 0.129. The summed E-state index contributed by atoms with van der Waals surface area (Å²) in [6.45, 7) is 0. The van der Waals surface area contributed by atoms with Crippen molar-refractivity contribution in [1.82, 2.24) is 12.3 Å². The van der Waals surface area contributed by atoms with Gasteiger partial charge in [-0.1, -0.05) is 0 Å². The van der Waals surface area contributed by atoms with E-state index in [0.29, 0.717) is 0 Å². The molecule has 0 fully saturated rings. The van der Waals surface area contributed by atoms with Gasteiger partial charge >= 0.3 is 259 Å². The summed E-state index contributed by atoms with van der Waals surface area (Å²) in [5.74, 6) is 0. The van der Waals surface area contributed by atoms with Gasteiger partial charge in [-0.15, -0.1) is 0 Å². The number of hydrogen-bond donors (Lipinski definition) is 2. The topological polar surface area (TPSA) is 841 Å². The third kappa shape index (κ3) is 17200. The normalized spacial score (nSPS) is 9.87. The molecule has 0 amide bonds. The van der Waals surface area contributed by atoms with Gasteiger partial charge in [0.05, 0.1) is 0 Å². The van der Waals surface area contributed by atoms with Crippen LogP contribution in [0.3, 0.4) is 0 Å². The van der Waals surface area contributed by atoms with E-state index in [0.717, 1.165) is 0 Å². The van der Waals surface area contributed by atoms with Crippen molar-refractivity contribution in [3.8, 4) is 0 Å². The fraction of sp³-hybridized carbons (Fsp3) is 0. The van der Waals surface area contributed by atoms with Crippen molar-refractivity contribution in [1.29, 1.82) is 0 Å². The van der Waals surface area contributed by atoms with E-state index in [2.05, 4.69) is 0 Å². The molecule has 0 atom stereocenters. The second-order valence-corrected chi connectivity index (χ2v) is 18.1. The van der Waals surface area contributed by atoms with Crippen LogP contribution in [0, 0.1) is 41.7 Å². The van der Waals surface area contributed by atoms with Crippen LogP contribution in [-0.4, -0.2) is 39.4 Å². The molecule has 0 aromatic carbocycles. The first-order valence-corrected chi connectivity index (χ1v) is 29.6. The monoisotopic (exact) mass is 1480 g/mol. The minimum absolute atomic E-state index is 0. The summed E-state index contributed by atoms with van der Waals surface area (Å²) in [5, 5.41) is 0. The third-order valence-corrected chi connectivity index (χ3v) is 0. The molecule has 0 radical (unpaired) electrons. The van der Waals surface area contributed by atoms with Crippen LogP contribution in [0.1, 0.15) is 0 Å². The van der Waals surface area contributed by atoms with E-state index in [1.807, 2.05) is 0 Å². The first-order valence-electron chi connectivity index (χ1n) is 5.33. The number of rotatable bonds is 0. The maximum atomic E-state index is 8.63. The number of hydrogen-bond acceptors (Lipinski definition) is 32. The Bertz CT molecular complexity index is 1080.